The molecule has 12 heteroatoms. The summed E-state index contributed by atoms with van der Waals surface area (Å²) >= 11 is 0. The summed E-state index contributed by atoms with van der Waals surface area (Å²) in [6.07, 6.45) is -0.384. The van der Waals surface area contributed by atoms with Gasteiger partial charge in [0.15, 0.2) is 0 Å². The Morgan fingerprint density at radius 2 is 1.69 bits per heavy atom. The predicted molar refractivity (Wildman–Crippen MR) is 155 cm³/mol. The molecule has 0 aromatic heterocycles. The number of nitrogens with zero attached hydrogens (tertiary/aromatic N) is 2. The second kappa shape index (κ2) is 10.2. The number of rotatable bonds is 7. The Kier molecular flexibility index (Phi) is 6.81. The molecule has 0 radical (unpaired) electrons. The minimum atomic E-state index is -5.15. The molecule has 0 spiro atoms. The van der Waals surface area contributed by atoms with E-state index in [-0.39, 0.29) is 36.1 Å². The third-order valence-corrected chi connectivity index (χ3v) is 12.1. The van der Waals surface area contributed by atoms with Crippen molar-refractivity contribution >= 4 is 29.3 Å². The lowest BCUT2D eigenvalue weighted by molar-refractivity contribution is -0.179. The van der Waals surface area contributed by atoms with Gasteiger partial charge in [-0.1, -0.05) is 32.0 Å². The molecule has 8 rings (SSSR count). The average Bonchev–Trinajstić information content (AvgIpc) is 3.26. The van der Waals surface area contributed by atoms with E-state index in [4.69, 9.17) is 0 Å². The zero-order chi connectivity index (χ0) is 32.1. The highest BCUT2D eigenvalue weighted by Crippen LogP contribution is 2.66. The van der Waals surface area contributed by atoms with Gasteiger partial charge in [-0.25, -0.2) is 0 Å². The molecule has 1 aromatic carbocycles. The molecule has 4 amide bonds. The highest BCUT2D eigenvalue weighted by atomic mass is 19.4. The number of halogens is 3. The quantitative estimate of drug-likeness (QED) is 0.424. The first-order valence-corrected chi connectivity index (χ1v) is 16.0. The van der Waals surface area contributed by atoms with Crippen LogP contribution in [0.3, 0.4) is 0 Å². The lowest BCUT2D eigenvalue weighted by Gasteiger charge is -2.59. The van der Waals surface area contributed by atoms with Gasteiger partial charge in [0, 0.05) is 17.6 Å². The van der Waals surface area contributed by atoms with Gasteiger partial charge in [0.25, 0.3) is 0 Å². The molecule has 1 unspecified atom stereocenters. The third-order valence-electron chi connectivity index (χ3n) is 12.1. The smallest absolute Gasteiger partial charge is 0.339 e. The van der Waals surface area contributed by atoms with E-state index in [1.54, 1.807) is 24.3 Å². The van der Waals surface area contributed by atoms with Crippen molar-refractivity contribution in [2.24, 2.45) is 40.4 Å². The molecule has 240 valence electrons. The van der Waals surface area contributed by atoms with E-state index in [1.165, 1.54) is 4.90 Å². The molecule has 9 nitrogen and oxygen atoms in total. The van der Waals surface area contributed by atoms with Crippen LogP contribution < -0.4 is 16.0 Å². The van der Waals surface area contributed by atoms with Gasteiger partial charge in [0.2, 0.25) is 17.7 Å². The molecule has 2 aliphatic heterocycles. The number of carbonyl (C=O) groups is 4. The summed E-state index contributed by atoms with van der Waals surface area (Å²) < 4.78 is 40.8. The van der Waals surface area contributed by atoms with Crippen LogP contribution in [0, 0.1) is 51.8 Å². The van der Waals surface area contributed by atoms with E-state index >= 15 is 0 Å². The number of anilines is 1. The number of likely N-dealkylation sites (tertiary alicyclic amines) is 1. The summed E-state index contributed by atoms with van der Waals surface area (Å²) in [5, 5.41) is 17.7. The summed E-state index contributed by atoms with van der Waals surface area (Å²) in [4.78, 5) is 54.9. The molecule has 7 aliphatic rings. The Bertz CT molecular complexity index is 1470. The van der Waals surface area contributed by atoms with E-state index in [2.05, 4.69) is 22.0 Å². The van der Waals surface area contributed by atoms with Gasteiger partial charge >= 0.3 is 12.1 Å². The second-order valence-electron chi connectivity index (χ2n) is 15.1. The Morgan fingerprint density at radius 3 is 2.29 bits per heavy atom. The van der Waals surface area contributed by atoms with Gasteiger partial charge in [-0.05, 0) is 91.6 Å². The monoisotopic (exact) mass is 625 g/mol. The van der Waals surface area contributed by atoms with E-state index < -0.39 is 53.4 Å². The summed E-state index contributed by atoms with van der Waals surface area (Å²) in [5.41, 5.74) is 0.324. The van der Waals surface area contributed by atoms with Gasteiger partial charge in [-0.3, -0.25) is 19.2 Å². The molecule has 1 aromatic rings. The molecular formula is C33H38F3N5O4. The fourth-order valence-electron chi connectivity index (χ4n) is 10.3. The van der Waals surface area contributed by atoms with Crippen molar-refractivity contribution in [2.45, 2.75) is 89.0 Å². The van der Waals surface area contributed by atoms with E-state index in [9.17, 15) is 37.6 Å². The first-order valence-electron chi connectivity index (χ1n) is 16.0. The van der Waals surface area contributed by atoms with Crippen molar-refractivity contribution in [2.75, 3.05) is 11.9 Å². The number of carbonyl (C=O) groups excluding carboxylic acids is 4. The summed E-state index contributed by atoms with van der Waals surface area (Å²) in [6.45, 7) is 4.18. The molecule has 5 aliphatic carbocycles. The molecule has 3 N–H and O–H groups in total. The minimum absolute atomic E-state index is 0.0286. The molecule has 2 heterocycles. The van der Waals surface area contributed by atoms with Crippen molar-refractivity contribution in [3.63, 3.8) is 0 Å². The van der Waals surface area contributed by atoms with Crippen LogP contribution in [0.2, 0.25) is 0 Å². The van der Waals surface area contributed by atoms with Crippen molar-refractivity contribution in [3.8, 4) is 6.07 Å². The molecule has 1 saturated heterocycles. The van der Waals surface area contributed by atoms with Crippen molar-refractivity contribution in [3.05, 3.63) is 29.8 Å². The van der Waals surface area contributed by atoms with Gasteiger partial charge in [0.1, 0.15) is 18.1 Å². The molecule has 6 atom stereocenters. The number of nitrogens with one attached hydrogen (secondary N) is 3. The number of para-hydroxylation sites is 1. The highest BCUT2D eigenvalue weighted by molar-refractivity contribution is 6.03. The van der Waals surface area contributed by atoms with Crippen LogP contribution in [0.25, 0.3) is 0 Å². The summed E-state index contributed by atoms with van der Waals surface area (Å²) in [7, 11) is 0. The Balaban J connectivity index is 1.15. The lowest BCUT2D eigenvalue weighted by Crippen LogP contribution is -2.65. The number of alkyl halides is 3. The number of hydrogen-bond donors (Lipinski definition) is 3. The summed E-state index contributed by atoms with van der Waals surface area (Å²) in [5.74, 6) is -3.60. The summed E-state index contributed by atoms with van der Waals surface area (Å²) in [6, 6.07) is 5.80. The van der Waals surface area contributed by atoms with Crippen LogP contribution in [0.5, 0.6) is 0 Å². The number of nitriles is 1. The molecule has 45 heavy (non-hydrogen) atoms. The standard InChI is InChI=1S/C33H38F3N5O4/c1-31(2)22-15-41(25(24(22)31)28(43)38-19(14-37)10-21-20-5-3-4-6-23(20)39-27(21)42)29(44)26(40-30(45)33(34,35)36)32-11-16-7-17(12-32)9-18(8-16)13-32/h3-6,16-19,21-22,24-26H,7-13,15H2,1-2H3,(H,38,43)(H,39,42)(H,40,45)/t16?,17?,18?,19-,21+,22-,24-,25-,26?,32?/m0/s1. The van der Waals surface area contributed by atoms with Crippen LogP contribution in [0.1, 0.15) is 70.3 Å². The molecule has 5 saturated carbocycles. The fraction of sp³-hybridized carbons (Fsp3) is 0.667. The van der Waals surface area contributed by atoms with Crippen molar-refractivity contribution in [1.82, 2.24) is 15.5 Å². The Morgan fingerprint density at radius 1 is 1.07 bits per heavy atom. The maximum absolute atomic E-state index is 14.5. The minimum Gasteiger partial charge on any atom is -0.339 e. The van der Waals surface area contributed by atoms with Crippen LogP contribution in [0.4, 0.5) is 18.9 Å². The largest absolute Gasteiger partial charge is 0.471 e. The maximum Gasteiger partial charge on any atom is 0.471 e. The Labute approximate surface area is 259 Å². The first-order chi connectivity index (χ1) is 21.2. The lowest BCUT2D eigenvalue weighted by atomic mass is 9.47. The first kappa shape index (κ1) is 30.1. The van der Waals surface area contributed by atoms with E-state index in [0.717, 1.165) is 24.8 Å². The average molecular weight is 626 g/mol. The molecule has 4 bridgehead atoms. The number of fused-ring (bicyclic) bond motifs is 2. The van der Waals surface area contributed by atoms with Crippen LogP contribution in [-0.2, 0) is 19.2 Å². The van der Waals surface area contributed by atoms with Crippen LogP contribution in [0.15, 0.2) is 24.3 Å². The number of piperidine rings is 1. The molecule has 6 fully saturated rings. The zero-order valence-electron chi connectivity index (χ0n) is 25.3. The third kappa shape index (κ3) is 4.88. The van der Waals surface area contributed by atoms with Gasteiger partial charge < -0.3 is 20.9 Å². The van der Waals surface area contributed by atoms with Crippen molar-refractivity contribution < 1.29 is 32.3 Å². The van der Waals surface area contributed by atoms with Crippen LogP contribution >= 0.6 is 0 Å². The van der Waals surface area contributed by atoms with E-state index in [1.807, 2.05) is 13.8 Å². The maximum atomic E-state index is 14.5. The normalized spacial score (nSPS) is 36.3. The Hall–Kier alpha value is -3.62. The van der Waals surface area contributed by atoms with Gasteiger partial charge in [-0.2, -0.15) is 18.4 Å². The number of hydrogen-bond acceptors (Lipinski definition) is 5. The van der Waals surface area contributed by atoms with Crippen molar-refractivity contribution in [1.29, 1.82) is 5.26 Å². The highest BCUT2D eigenvalue weighted by Gasteiger charge is 2.70. The van der Waals surface area contributed by atoms with Crippen LogP contribution in [-0.4, -0.2) is 59.4 Å². The van der Waals surface area contributed by atoms with Gasteiger partial charge in [-0.15, -0.1) is 0 Å². The topological polar surface area (TPSA) is 131 Å². The zero-order valence-corrected chi connectivity index (χ0v) is 25.3. The molecular weight excluding hydrogens is 587 g/mol. The SMILES string of the molecule is CC1(C)[C@@H]2[C@@H](C(=O)N[C@H](C#N)C[C@H]3C(=O)Nc4ccccc43)N(C(=O)C(NC(=O)C(F)(F)F)C34CC5CC(CC(C5)C3)C4)C[C@@H]21. The number of amides is 4. The predicted octanol–water partition coefficient (Wildman–Crippen LogP) is 3.87. The fourth-order valence-corrected chi connectivity index (χ4v) is 10.3. The second-order valence-corrected chi connectivity index (χ2v) is 15.1. The van der Waals surface area contributed by atoms with Gasteiger partial charge in [0.05, 0.1) is 12.0 Å². The number of benzene rings is 1. The van der Waals surface area contributed by atoms with E-state index in [0.29, 0.717) is 42.7 Å².